The van der Waals surface area contributed by atoms with Crippen molar-refractivity contribution in [3.63, 3.8) is 0 Å². The van der Waals surface area contributed by atoms with Crippen LogP contribution in [0.1, 0.15) is 43.7 Å². The molecule has 100 valence electrons. The van der Waals surface area contributed by atoms with Crippen LogP contribution >= 0.6 is 0 Å². The van der Waals surface area contributed by atoms with E-state index in [2.05, 4.69) is 5.43 Å². The van der Waals surface area contributed by atoms with Crippen molar-refractivity contribution in [2.75, 3.05) is 7.11 Å². The van der Waals surface area contributed by atoms with Crippen molar-refractivity contribution >= 4 is 0 Å². The van der Waals surface area contributed by atoms with E-state index in [1.807, 2.05) is 0 Å². The van der Waals surface area contributed by atoms with Crippen molar-refractivity contribution in [1.82, 2.24) is 5.43 Å². The van der Waals surface area contributed by atoms with Crippen LogP contribution in [0.4, 0.5) is 4.39 Å². The second-order valence-electron chi connectivity index (χ2n) is 5.00. The van der Waals surface area contributed by atoms with Crippen LogP contribution in [0.25, 0.3) is 0 Å². The van der Waals surface area contributed by atoms with Gasteiger partial charge in [-0.3, -0.25) is 11.3 Å². The Hall–Kier alpha value is -1.13. The van der Waals surface area contributed by atoms with Crippen molar-refractivity contribution in [3.05, 3.63) is 29.6 Å². The minimum atomic E-state index is -0.335. The summed E-state index contributed by atoms with van der Waals surface area (Å²) >= 11 is 0. The maximum absolute atomic E-state index is 13.4. The summed E-state index contributed by atoms with van der Waals surface area (Å²) < 4.78 is 18.4. The van der Waals surface area contributed by atoms with Gasteiger partial charge in [0.05, 0.1) is 7.11 Å². The fraction of sp³-hybridized carbons (Fsp3) is 0.571. The molecule has 2 rings (SSSR count). The lowest BCUT2D eigenvalue weighted by Crippen LogP contribution is -2.29. The van der Waals surface area contributed by atoms with Crippen LogP contribution in [-0.2, 0) is 0 Å². The van der Waals surface area contributed by atoms with Crippen LogP contribution in [0.3, 0.4) is 0 Å². The Morgan fingerprint density at radius 2 is 2.17 bits per heavy atom. The van der Waals surface area contributed by atoms with Crippen molar-refractivity contribution in [2.45, 2.75) is 38.1 Å². The molecule has 0 saturated heterocycles. The van der Waals surface area contributed by atoms with E-state index in [9.17, 15) is 4.39 Å². The monoisotopic (exact) mass is 252 g/mol. The second kappa shape index (κ2) is 6.16. The summed E-state index contributed by atoms with van der Waals surface area (Å²) in [5.74, 6) is 6.29. The highest BCUT2D eigenvalue weighted by atomic mass is 19.1. The van der Waals surface area contributed by atoms with Crippen LogP contribution in [0.5, 0.6) is 5.75 Å². The number of benzene rings is 1. The first-order chi connectivity index (χ1) is 8.74. The van der Waals surface area contributed by atoms with E-state index in [-0.39, 0.29) is 17.6 Å². The molecule has 1 saturated carbocycles. The van der Waals surface area contributed by atoms with Gasteiger partial charge >= 0.3 is 0 Å². The molecule has 1 unspecified atom stereocenters. The molecule has 3 nitrogen and oxygen atoms in total. The lowest BCUT2D eigenvalue weighted by atomic mass is 9.94. The maximum Gasteiger partial charge on any atom is 0.165 e. The fourth-order valence-electron chi connectivity index (χ4n) is 2.77. The Morgan fingerprint density at radius 1 is 1.44 bits per heavy atom. The van der Waals surface area contributed by atoms with Gasteiger partial charge in [0.2, 0.25) is 0 Å². The highest BCUT2D eigenvalue weighted by Crippen LogP contribution is 2.33. The highest BCUT2D eigenvalue weighted by Gasteiger charge is 2.21. The lowest BCUT2D eigenvalue weighted by Gasteiger charge is -2.20. The molecule has 0 bridgehead atoms. The number of hydrogen-bond acceptors (Lipinski definition) is 3. The van der Waals surface area contributed by atoms with Crippen LogP contribution in [0, 0.1) is 11.7 Å². The number of hydrogen-bond donors (Lipinski definition) is 2. The summed E-state index contributed by atoms with van der Waals surface area (Å²) in [7, 11) is 1.48. The number of methoxy groups -OCH3 is 1. The van der Waals surface area contributed by atoms with E-state index in [1.165, 1.54) is 38.9 Å². The molecule has 1 fully saturated rings. The van der Waals surface area contributed by atoms with E-state index in [4.69, 9.17) is 10.6 Å². The smallest absolute Gasteiger partial charge is 0.165 e. The summed E-state index contributed by atoms with van der Waals surface area (Å²) in [6.07, 6.45) is 6.18. The molecular weight excluding hydrogens is 231 g/mol. The number of halogens is 1. The largest absolute Gasteiger partial charge is 0.494 e. The minimum Gasteiger partial charge on any atom is -0.494 e. The Bertz CT molecular complexity index is 391. The molecule has 3 N–H and O–H groups in total. The maximum atomic E-state index is 13.4. The van der Waals surface area contributed by atoms with E-state index < -0.39 is 0 Å². The average Bonchev–Trinajstić information content (AvgIpc) is 2.89. The number of hydrazine groups is 1. The summed E-state index contributed by atoms with van der Waals surface area (Å²) in [4.78, 5) is 0. The lowest BCUT2D eigenvalue weighted by molar-refractivity contribution is 0.378. The second-order valence-corrected chi connectivity index (χ2v) is 5.00. The van der Waals surface area contributed by atoms with Gasteiger partial charge < -0.3 is 4.74 Å². The van der Waals surface area contributed by atoms with Crippen LogP contribution < -0.4 is 16.0 Å². The zero-order chi connectivity index (χ0) is 13.0. The first-order valence-corrected chi connectivity index (χ1v) is 6.54. The highest BCUT2D eigenvalue weighted by molar-refractivity contribution is 5.32. The molecule has 1 aliphatic rings. The first kappa shape index (κ1) is 13.3. The Balaban J connectivity index is 2.10. The van der Waals surface area contributed by atoms with Gasteiger partial charge in [0, 0.05) is 6.04 Å². The molecule has 4 heteroatoms. The average molecular weight is 252 g/mol. The molecule has 1 aromatic rings. The summed E-state index contributed by atoms with van der Waals surface area (Å²) in [6.45, 7) is 0. The van der Waals surface area contributed by atoms with Gasteiger partial charge in [-0.25, -0.2) is 4.39 Å². The fourth-order valence-corrected chi connectivity index (χ4v) is 2.77. The van der Waals surface area contributed by atoms with E-state index in [0.717, 1.165) is 17.9 Å². The molecule has 0 amide bonds. The third-order valence-corrected chi connectivity index (χ3v) is 3.82. The third kappa shape index (κ3) is 3.00. The summed E-state index contributed by atoms with van der Waals surface area (Å²) in [5.41, 5.74) is 3.83. The van der Waals surface area contributed by atoms with Gasteiger partial charge in [0.1, 0.15) is 0 Å². The molecular formula is C14H21FN2O. The molecule has 0 radical (unpaired) electrons. The van der Waals surface area contributed by atoms with Crippen LogP contribution in [-0.4, -0.2) is 7.11 Å². The zero-order valence-corrected chi connectivity index (χ0v) is 10.8. The standard InChI is InChI=1S/C14H21FN2O/c1-18-14-9-11(6-7-12(14)15)13(17-16)8-10-4-2-3-5-10/h6-7,9-10,13,17H,2-5,8,16H2,1H3. The molecule has 1 aliphatic carbocycles. The predicted octanol–water partition coefficient (Wildman–Crippen LogP) is 2.92. The van der Waals surface area contributed by atoms with Crippen molar-refractivity contribution in [1.29, 1.82) is 0 Å². The molecule has 0 heterocycles. The third-order valence-electron chi connectivity index (χ3n) is 3.82. The van der Waals surface area contributed by atoms with Gasteiger partial charge in [-0.1, -0.05) is 31.7 Å². The molecule has 0 aliphatic heterocycles. The molecule has 1 aromatic carbocycles. The molecule has 18 heavy (non-hydrogen) atoms. The summed E-state index contributed by atoms with van der Waals surface area (Å²) in [6, 6.07) is 5.02. The van der Waals surface area contributed by atoms with Gasteiger partial charge in [-0.2, -0.15) is 0 Å². The first-order valence-electron chi connectivity index (χ1n) is 6.54. The SMILES string of the molecule is COc1cc(C(CC2CCCC2)NN)ccc1F. The van der Waals surface area contributed by atoms with Gasteiger partial charge in [-0.15, -0.1) is 0 Å². The quantitative estimate of drug-likeness (QED) is 0.625. The minimum absolute atomic E-state index is 0.0719. The molecule has 0 aromatic heterocycles. The number of nitrogens with two attached hydrogens (primary N) is 1. The van der Waals surface area contributed by atoms with E-state index in [0.29, 0.717) is 0 Å². The number of nitrogens with one attached hydrogen (secondary N) is 1. The van der Waals surface area contributed by atoms with Crippen molar-refractivity contribution in [3.8, 4) is 5.75 Å². The normalized spacial score (nSPS) is 17.9. The van der Waals surface area contributed by atoms with Crippen molar-refractivity contribution < 1.29 is 9.13 Å². The van der Waals surface area contributed by atoms with Crippen molar-refractivity contribution in [2.24, 2.45) is 11.8 Å². The van der Waals surface area contributed by atoms with Gasteiger partial charge in [-0.05, 0) is 30.0 Å². The topological polar surface area (TPSA) is 47.3 Å². The number of ether oxygens (including phenoxy) is 1. The van der Waals surface area contributed by atoms with Crippen LogP contribution in [0.15, 0.2) is 18.2 Å². The van der Waals surface area contributed by atoms with Crippen LogP contribution in [0.2, 0.25) is 0 Å². The summed E-state index contributed by atoms with van der Waals surface area (Å²) in [5, 5.41) is 0. The van der Waals surface area contributed by atoms with Gasteiger partial charge in [0.15, 0.2) is 11.6 Å². The predicted molar refractivity (Wildman–Crippen MR) is 69.6 cm³/mol. The van der Waals surface area contributed by atoms with E-state index >= 15 is 0 Å². The molecule has 1 atom stereocenters. The number of rotatable bonds is 5. The van der Waals surface area contributed by atoms with E-state index in [1.54, 1.807) is 12.1 Å². The van der Waals surface area contributed by atoms with Gasteiger partial charge in [0.25, 0.3) is 0 Å². The Kier molecular flexibility index (Phi) is 4.55. The Morgan fingerprint density at radius 3 is 2.78 bits per heavy atom. The molecule has 0 spiro atoms. The zero-order valence-electron chi connectivity index (χ0n) is 10.8. The Labute approximate surface area is 107 Å².